The molecule has 1 fully saturated rings. The number of halogens is 1. The van der Waals surface area contributed by atoms with Gasteiger partial charge in [-0.1, -0.05) is 0 Å². The largest absolute Gasteiger partial charge is 0.480 e. The van der Waals surface area contributed by atoms with Crippen molar-refractivity contribution < 1.29 is 23.5 Å². The van der Waals surface area contributed by atoms with Gasteiger partial charge in [0.05, 0.1) is 0 Å². The smallest absolute Gasteiger partial charge is 0.323 e. The molecule has 0 atom stereocenters. The molecule has 3 rings (SSSR count). The van der Waals surface area contributed by atoms with Gasteiger partial charge in [0.1, 0.15) is 17.9 Å². The van der Waals surface area contributed by atoms with Gasteiger partial charge in [-0.05, 0) is 38.0 Å². The van der Waals surface area contributed by atoms with Gasteiger partial charge < -0.3 is 14.4 Å². The van der Waals surface area contributed by atoms with Crippen molar-refractivity contribution in [3.63, 3.8) is 0 Å². The summed E-state index contributed by atoms with van der Waals surface area (Å²) in [7, 11) is 0. The Morgan fingerprint density at radius 1 is 1.43 bits per heavy atom. The number of furan rings is 1. The minimum atomic E-state index is -1.06. The molecular weight excluding hydrogens is 277 g/mol. The molecule has 0 saturated heterocycles. The molecule has 0 spiro atoms. The zero-order chi connectivity index (χ0) is 15.1. The second kappa shape index (κ2) is 4.87. The molecule has 1 aromatic carbocycles. The van der Waals surface area contributed by atoms with Crippen LogP contribution in [-0.2, 0) is 4.79 Å². The second-order valence-electron chi connectivity index (χ2n) is 5.25. The topological polar surface area (TPSA) is 70.8 Å². The molecule has 1 amide bonds. The lowest BCUT2D eigenvalue weighted by Gasteiger charge is -2.19. The molecule has 0 aliphatic heterocycles. The Hall–Kier alpha value is -2.37. The Labute approximate surface area is 119 Å². The molecule has 110 valence electrons. The molecule has 2 aromatic rings. The predicted molar refractivity (Wildman–Crippen MR) is 72.6 cm³/mol. The minimum Gasteiger partial charge on any atom is -0.480 e. The van der Waals surface area contributed by atoms with Gasteiger partial charge in [0.15, 0.2) is 5.76 Å². The van der Waals surface area contributed by atoms with Crippen molar-refractivity contribution in [3.05, 3.63) is 35.3 Å². The number of hydrogen-bond donors (Lipinski definition) is 1. The van der Waals surface area contributed by atoms with Crippen LogP contribution in [0, 0.1) is 12.7 Å². The summed E-state index contributed by atoms with van der Waals surface area (Å²) in [6, 6.07) is 3.99. The number of amides is 1. The molecule has 0 radical (unpaired) electrons. The summed E-state index contributed by atoms with van der Waals surface area (Å²) in [5, 5.41) is 9.46. The van der Waals surface area contributed by atoms with Crippen molar-refractivity contribution in [3.8, 4) is 0 Å². The normalized spacial score (nSPS) is 14.4. The van der Waals surface area contributed by atoms with Crippen LogP contribution >= 0.6 is 0 Å². The number of benzene rings is 1. The molecule has 1 aliphatic rings. The molecule has 1 aromatic heterocycles. The van der Waals surface area contributed by atoms with Crippen molar-refractivity contribution in [1.29, 1.82) is 0 Å². The lowest BCUT2D eigenvalue weighted by atomic mass is 10.1. The molecule has 21 heavy (non-hydrogen) atoms. The fraction of sp³-hybridized carbons (Fsp3) is 0.333. The summed E-state index contributed by atoms with van der Waals surface area (Å²) in [5.74, 6) is -1.83. The first-order chi connectivity index (χ1) is 9.97. The lowest BCUT2D eigenvalue weighted by Crippen LogP contribution is -2.37. The first kappa shape index (κ1) is 13.6. The van der Waals surface area contributed by atoms with Gasteiger partial charge in [-0.3, -0.25) is 9.59 Å². The zero-order valence-electron chi connectivity index (χ0n) is 11.4. The van der Waals surface area contributed by atoms with E-state index in [0.717, 1.165) is 12.8 Å². The number of aryl methyl sites for hydroxylation is 1. The van der Waals surface area contributed by atoms with E-state index in [4.69, 9.17) is 9.52 Å². The van der Waals surface area contributed by atoms with Crippen molar-refractivity contribution in [1.82, 2.24) is 4.90 Å². The predicted octanol–water partition coefficient (Wildman–Crippen LogP) is 2.57. The summed E-state index contributed by atoms with van der Waals surface area (Å²) < 4.78 is 18.8. The number of hydrogen-bond acceptors (Lipinski definition) is 3. The molecule has 1 N–H and O–H groups in total. The minimum absolute atomic E-state index is 0.0436. The third-order valence-electron chi connectivity index (χ3n) is 3.65. The molecule has 6 heteroatoms. The molecule has 1 saturated carbocycles. The third kappa shape index (κ3) is 2.49. The first-order valence-corrected chi connectivity index (χ1v) is 6.69. The van der Waals surface area contributed by atoms with Gasteiger partial charge in [0, 0.05) is 17.0 Å². The van der Waals surface area contributed by atoms with Crippen molar-refractivity contribution >= 4 is 22.8 Å². The Morgan fingerprint density at radius 3 is 2.76 bits per heavy atom. The van der Waals surface area contributed by atoms with E-state index in [1.54, 1.807) is 6.92 Å². The average Bonchev–Trinajstić information content (AvgIpc) is 3.21. The van der Waals surface area contributed by atoms with E-state index in [9.17, 15) is 14.0 Å². The van der Waals surface area contributed by atoms with Gasteiger partial charge in [0.25, 0.3) is 5.91 Å². The van der Waals surface area contributed by atoms with Crippen LogP contribution in [0.2, 0.25) is 0 Å². The van der Waals surface area contributed by atoms with Crippen LogP contribution in [0.3, 0.4) is 0 Å². The van der Waals surface area contributed by atoms with Gasteiger partial charge in [-0.15, -0.1) is 0 Å². The number of aliphatic carboxylic acids is 1. The highest BCUT2D eigenvalue weighted by Crippen LogP contribution is 2.31. The number of carboxylic acids is 1. The van der Waals surface area contributed by atoms with Crippen LogP contribution < -0.4 is 0 Å². The van der Waals surface area contributed by atoms with E-state index < -0.39 is 17.7 Å². The summed E-state index contributed by atoms with van der Waals surface area (Å²) in [6.07, 6.45) is 1.60. The quantitative estimate of drug-likeness (QED) is 0.939. The van der Waals surface area contributed by atoms with Crippen LogP contribution in [0.4, 0.5) is 4.39 Å². The standard InChI is InChI=1S/C15H14FNO4/c1-8-11-6-9(16)2-5-12(11)21-14(8)15(20)17(7-13(18)19)10-3-4-10/h2,5-6,10H,3-4,7H2,1H3,(H,18,19). The zero-order valence-corrected chi connectivity index (χ0v) is 11.4. The van der Waals surface area contributed by atoms with Gasteiger partial charge >= 0.3 is 5.97 Å². The number of nitrogens with zero attached hydrogens (tertiary/aromatic N) is 1. The fourth-order valence-corrected chi connectivity index (χ4v) is 2.43. The second-order valence-corrected chi connectivity index (χ2v) is 5.25. The fourth-order valence-electron chi connectivity index (χ4n) is 2.43. The van der Waals surface area contributed by atoms with E-state index >= 15 is 0 Å². The van der Waals surface area contributed by atoms with Crippen LogP contribution in [0.1, 0.15) is 29.0 Å². The maximum Gasteiger partial charge on any atom is 0.323 e. The maximum absolute atomic E-state index is 13.3. The molecule has 1 aliphatic carbocycles. The summed E-state index contributed by atoms with van der Waals surface area (Å²) in [6.45, 7) is 1.32. The summed E-state index contributed by atoms with van der Waals surface area (Å²) in [5.41, 5.74) is 0.953. The van der Waals surface area contributed by atoms with Gasteiger partial charge in [-0.25, -0.2) is 4.39 Å². The number of fused-ring (bicyclic) bond motifs is 1. The Balaban J connectivity index is 2.00. The molecule has 0 unspecified atom stereocenters. The SMILES string of the molecule is Cc1c(C(=O)N(CC(=O)O)C2CC2)oc2ccc(F)cc12. The summed E-state index contributed by atoms with van der Waals surface area (Å²) >= 11 is 0. The van der Waals surface area contributed by atoms with Crippen LogP contribution in [-0.4, -0.2) is 34.5 Å². The van der Waals surface area contributed by atoms with Gasteiger partial charge in [0.2, 0.25) is 0 Å². The highest BCUT2D eigenvalue weighted by atomic mass is 19.1. The average molecular weight is 291 g/mol. The van der Waals surface area contributed by atoms with Crippen LogP contribution in [0.25, 0.3) is 11.0 Å². The number of carbonyl (C=O) groups excluding carboxylic acids is 1. The number of carbonyl (C=O) groups is 2. The van der Waals surface area contributed by atoms with E-state index in [0.29, 0.717) is 16.5 Å². The van der Waals surface area contributed by atoms with E-state index in [1.807, 2.05) is 0 Å². The molecule has 1 heterocycles. The van der Waals surface area contributed by atoms with Crippen molar-refractivity contribution in [2.75, 3.05) is 6.54 Å². The maximum atomic E-state index is 13.3. The van der Waals surface area contributed by atoms with Crippen molar-refractivity contribution in [2.24, 2.45) is 0 Å². The third-order valence-corrected chi connectivity index (χ3v) is 3.65. The molecular formula is C15H14FNO4. The number of carboxylic acid groups (broad SMARTS) is 1. The van der Waals surface area contributed by atoms with E-state index in [1.165, 1.54) is 23.1 Å². The van der Waals surface area contributed by atoms with E-state index in [2.05, 4.69) is 0 Å². The highest BCUT2D eigenvalue weighted by Gasteiger charge is 2.36. The Morgan fingerprint density at radius 2 is 2.14 bits per heavy atom. The summed E-state index contributed by atoms with van der Waals surface area (Å²) in [4.78, 5) is 24.7. The van der Waals surface area contributed by atoms with Gasteiger partial charge in [-0.2, -0.15) is 0 Å². The van der Waals surface area contributed by atoms with E-state index in [-0.39, 0.29) is 18.3 Å². The Kier molecular flexibility index (Phi) is 3.16. The first-order valence-electron chi connectivity index (χ1n) is 6.69. The van der Waals surface area contributed by atoms with Crippen LogP contribution in [0.15, 0.2) is 22.6 Å². The molecule has 0 bridgehead atoms. The molecule has 5 nitrogen and oxygen atoms in total. The lowest BCUT2D eigenvalue weighted by molar-refractivity contribution is -0.137. The number of rotatable bonds is 4. The Bertz CT molecular complexity index is 733. The monoisotopic (exact) mass is 291 g/mol. The highest BCUT2D eigenvalue weighted by molar-refractivity contribution is 6.00. The van der Waals surface area contributed by atoms with Crippen LogP contribution in [0.5, 0.6) is 0 Å². The van der Waals surface area contributed by atoms with Crippen molar-refractivity contribution in [2.45, 2.75) is 25.8 Å².